The molecule has 1 amide bonds. The number of carbonyl (C=O) groups is 3. The molecule has 2 aromatic heterocycles. The fourth-order valence-corrected chi connectivity index (χ4v) is 6.18. The Morgan fingerprint density at radius 3 is 2.19 bits per heavy atom. The Labute approximate surface area is 218 Å². The highest BCUT2D eigenvalue weighted by molar-refractivity contribution is 7.12. The van der Waals surface area contributed by atoms with E-state index in [1.807, 2.05) is 29.9 Å². The van der Waals surface area contributed by atoms with E-state index in [1.165, 1.54) is 22.7 Å². The van der Waals surface area contributed by atoms with Gasteiger partial charge in [-0.2, -0.15) is 0 Å². The van der Waals surface area contributed by atoms with Gasteiger partial charge in [0, 0.05) is 30.3 Å². The average molecular weight is 527 g/mol. The van der Waals surface area contributed by atoms with Crippen LogP contribution in [-0.4, -0.2) is 53.9 Å². The molecule has 0 radical (unpaired) electrons. The van der Waals surface area contributed by atoms with Gasteiger partial charge in [-0.15, -0.1) is 22.7 Å². The first kappa shape index (κ1) is 26.2. The number of thiophene rings is 2. The van der Waals surface area contributed by atoms with Gasteiger partial charge in [0.15, 0.2) is 0 Å². The molecule has 1 fully saturated rings. The summed E-state index contributed by atoms with van der Waals surface area (Å²) in [5.41, 5.74) is -0.547. The van der Waals surface area contributed by atoms with Gasteiger partial charge >= 0.3 is 5.97 Å². The van der Waals surface area contributed by atoms with Crippen LogP contribution in [-0.2, 0) is 19.9 Å². The van der Waals surface area contributed by atoms with Crippen molar-refractivity contribution in [2.24, 2.45) is 0 Å². The molecule has 2 heterocycles. The minimum atomic E-state index is -1.78. The Morgan fingerprint density at radius 1 is 1.06 bits per heavy atom. The monoisotopic (exact) mass is 526 g/mol. The van der Waals surface area contributed by atoms with E-state index >= 15 is 0 Å². The molecule has 1 saturated carbocycles. The molecular formula is C27H30N2O5S2. The number of rotatable bonds is 10. The molecule has 0 unspecified atom stereocenters. The molecule has 1 aliphatic carbocycles. The number of aliphatic hydroxyl groups is 1. The van der Waals surface area contributed by atoms with Crippen molar-refractivity contribution in [2.75, 3.05) is 18.9 Å². The minimum Gasteiger partial charge on any atom is -0.460 e. The Morgan fingerprint density at radius 2 is 1.67 bits per heavy atom. The number of amides is 1. The van der Waals surface area contributed by atoms with Gasteiger partial charge in [-0.25, -0.2) is 4.79 Å². The first-order valence-corrected chi connectivity index (χ1v) is 13.7. The number of hydrogen-bond acceptors (Lipinski definition) is 8. The van der Waals surface area contributed by atoms with Crippen LogP contribution in [0, 0.1) is 0 Å². The Bertz CT molecular complexity index is 1100. The van der Waals surface area contributed by atoms with E-state index in [4.69, 9.17) is 4.74 Å². The second-order valence-corrected chi connectivity index (χ2v) is 10.9. The van der Waals surface area contributed by atoms with Crippen LogP contribution in [0.15, 0.2) is 59.3 Å². The average Bonchev–Trinajstić information content (AvgIpc) is 3.63. The van der Waals surface area contributed by atoms with Crippen LogP contribution in [0.1, 0.15) is 52.2 Å². The van der Waals surface area contributed by atoms with Crippen LogP contribution >= 0.6 is 22.7 Å². The van der Waals surface area contributed by atoms with Gasteiger partial charge in [-0.05, 0) is 79.9 Å². The summed E-state index contributed by atoms with van der Waals surface area (Å²) in [6.07, 6.45) is 3.99. The van der Waals surface area contributed by atoms with Gasteiger partial charge in [0.05, 0.1) is 9.75 Å². The minimum absolute atomic E-state index is 0.0789. The molecule has 4 rings (SSSR count). The molecule has 0 atom stereocenters. The normalized spacial score (nSPS) is 18.1. The third kappa shape index (κ3) is 6.10. The number of nitrogens with zero attached hydrogens (tertiary/aromatic N) is 1. The van der Waals surface area contributed by atoms with Gasteiger partial charge in [-0.1, -0.05) is 12.1 Å². The highest BCUT2D eigenvalue weighted by Crippen LogP contribution is 2.38. The van der Waals surface area contributed by atoms with E-state index < -0.39 is 11.6 Å². The SMILES string of the molecule is CN(CCC(=O)Nc1ccc(C=O)cc1)C1CCC(OC(=O)C(O)(c2cccs2)c2cccs2)CC1. The van der Waals surface area contributed by atoms with Crippen LogP contribution in [0.5, 0.6) is 0 Å². The van der Waals surface area contributed by atoms with Crippen molar-refractivity contribution < 1.29 is 24.2 Å². The third-order valence-corrected chi connectivity index (χ3v) is 8.57. The van der Waals surface area contributed by atoms with Crippen LogP contribution in [0.3, 0.4) is 0 Å². The fraction of sp³-hybridized carbons (Fsp3) is 0.370. The van der Waals surface area contributed by atoms with Crippen molar-refractivity contribution in [3.05, 3.63) is 74.6 Å². The van der Waals surface area contributed by atoms with E-state index in [2.05, 4.69) is 10.2 Å². The number of aldehydes is 1. The second-order valence-electron chi connectivity index (χ2n) is 9.02. The van der Waals surface area contributed by atoms with Crippen LogP contribution in [0.2, 0.25) is 0 Å². The van der Waals surface area contributed by atoms with Gasteiger partial charge in [-0.3, -0.25) is 9.59 Å². The molecular weight excluding hydrogens is 496 g/mol. The lowest BCUT2D eigenvalue weighted by Crippen LogP contribution is -2.42. The number of carbonyl (C=O) groups excluding carboxylic acids is 3. The summed E-state index contributed by atoms with van der Waals surface area (Å²) in [6, 6.07) is 14.2. The standard InChI is InChI=1S/C27H30N2O5S2/c1-29(15-14-25(31)28-20-8-6-19(18-30)7-9-20)21-10-12-22(13-11-21)34-26(32)27(33,23-4-2-16-35-23)24-5-3-17-36-24/h2-9,16-18,21-22,33H,10-15H2,1H3,(H,28,31). The van der Waals surface area contributed by atoms with E-state index in [9.17, 15) is 19.5 Å². The maximum absolute atomic E-state index is 13.2. The van der Waals surface area contributed by atoms with Gasteiger partial charge in [0.1, 0.15) is 12.4 Å². The van der Waals surface area contributed by atoms with Gasteiger partial charge in [0.2, 0.25) is 11.5 Å². The highest BCUT2D eigenvalue weighted by Gasteiger charge is 2.45. The van der Waals surface area contributed by atoms with Crippen molar-refractivity contribution in [2.45, 2.75) is 49.9 Å². The quantitative estimate of drug-likeness (QED) is 0.294. The molecule has 3 aromatic rings. The van der Waals surface area contributed by atoms with E-state index in [1.54, 1.807) is 36.4 Å². The zero-order chi connectivity index (χ0) is 25.5. The summed E-state index contributed by atoms with van der Waals surface area (Å²) in [6.45, 7) is 0.615. The molecule has 9 heteroatoms. The molecule has 36 heavy (non-hydrogen) atoms. The molecule has 7 nitrogen and oxygen atoms in total. The number of esters is 1. The number of ether oxygens (including phenoxy) is 1. The number of anilines is 1. The second kappa shape index (κ2) is 11.9. The zero-order valence-corrected chi connectivity index (χ0v) is 21.7. The zero-order valence-electron chi connectivity index (χ0n) is 20.1. The molecule has 1 aromatic carbocycles. The molecule has 0 saturated heterocycles. The number of benzene rings is 1. The summed E-state index contributed by atoms with van der Waals surface area (Å²) in [5.74, 6) is -0.702. The maximum Gasteiger partial charge on any atom is 0.349 e. The lowest BCUT2D eigenvalue weighted by Gasteiger charge is -2.35. The lowest BCUT2D eigenvalue weighted by molar-refractivity contribution is -0.169. The molecule has 0 aliphatic heterocycles. The number of nitrogens with one attached hydrogen (secondary N) is 1. The van der Waals surface area contributed by atoms with Crippen molar-refractivity contribution in [3.8, 4) is 0 Å². The predicted octanol–water partition coefficient (Wildman–Crippen LogP) is 4.67. The topological polar surface area (TPSA) is 95.9 Å². The summed E-state index contributed by atoms with van der Waals surface area (Å²) < 4.78 is 5.83. The molecule has 2 N–H and O–H groups in total. The summed E-state index contributed by atoms with van der Waals surface area (Å²) >= 11 is 2.67. The third-order valence-electron chi connectivity index (χ3n) is 6.61. The van der Waals surface area contributed by atoms with Crippen molar-refractivity contribution >= 4 is 46.5 Å². The number of hydrogen-bond donors (Lipinski definition) is 2. The van der Waals surface area contributed by atoms with E-state index in [-0.39, 0.29) is 12.0 Å². The van der Waals surface area contributed by atoms with Crippen LogP contribution in [0.4, 0.5) is 5.69 Å². The first-order chi connectivity index (χ1) is 17.4. The summed E-state index contributed by atoms with van der Waals surface area (Å²) in [7, 11) is 2.01. The van der Waals surface area contributed by atoms with E-state index in [0.717, 1.165) is 19.1 Å². The maximum atomic E-state index is 13.2. The molecule has 190 valence electrons. The smallest absolute Gasteiger partial charge is 0.349 e. The predicted molar refractivity (Wildman–Crippen MR) is 141 cm³/mol. The fourth-order valence-electron chi connectivity index (χ4n) is 4.46. The first-order valence-electron chi connectivity index (χ1n) is 12.0. The summed E-state index contributed by atoms with van der Waals surface area (Å²) in [5, 5.41) is 17.9. The lowest BCUT2D eigenvalue weighted by atomic mass is 9.91. The van der Waals surface area contributed by atoms with Gasteiger partial charge < -0.3 is 20.1 Å². The van der Waals surface area contributed by atoms with Crippen LogP contribution in [0.25, 0.3) is 0 Å². The van der Waals surface area contributed by atoms with Crippen molar-refractivity contribution in [3.63, 3.8) is 0 Å². The molecule has 1 aliphatic rings. The van der Waals surface area contributed by atoms with E-state index in [0.29, 0.717) is 52.9 Å². The van der Waals surface area contributed by atoms with Crippen LogP contribution < -0.4 is 5.32 Å². The molecule has 0 bridgehead atoms. The molecule has 0 spiro atoms. The van der Waals surface area contributed by atoms with Crippen molar-refractivity contribution in [1.29, 1.82) is 0 Å². The Kier molecular flexibility index (Phi) is 8.68. The van der Waals surface area contributed by atoms with Crippen molar-refractivity contribution in [1.82, 2.24) is 4.90 Å². The Balaban J connectivity index is 1.25. The largest absolute Gasteiger partial charge is 0.460 e. The highest BCUT2D eigenvalue weighted by atomic mass is 32.1. The Hall–Kier alpha value is -2.85. The summed E-state index contributed by atoms with van der Waals surface area (Å²) in [4.78, 5) is 39.6. The van der Waals surface area contributed by atoms with Gasteiger partial charge in [0.25, 0.3) is 0 Å².